The van der Waals surface area contributed by atoms with Gasteiger partial charge in [-0.05, 0) is 128 Å². The topological polar surface area (TPSA) is 0 Å². The second kappa shape index (κ2) is 30.1. The van der Waals surface area contributed by atoms with Crippen molar-refractivity contribution < 1.29 is 0 Å². The summed E-state index contributed by atoms with van der Waals surface area (Å²) in [4.78, 5) is 0. The molecule has 2 fully saturated rings. The molecule has 0 aromatic rings. The molecule has 0 amide bonds. The van der Waals surface area contributed by atoms with Crippen molar-refractivity contribution in [3.8, 4) is 0 Å². The molecule has 0 saturated heterocycles. The van der Waals surface area contributed by atoms with E-state index in [1.54, 1.807) is 6.42 Å². The summed E-state index contributed by atoms with van der Waals surface area (Å²) in [6.07, 6.45) is 47.3. The molecular formula is C55H108. The molecule has 0 radical (unpaired) electrons. The predicted molar refractivity (Wildman–Crippen MR) is 251 cm³/mol. The van der Waals surface area contributed by atoms with Gasteiger partial charge in [0.05, 0.1) is 0 Å². The highest BCUT2D eigenvalue weighted by Gasteiger charge is 2.34. The third kappa shape index (κ3) is 22.8. The van der Waals surface area contributed by atoms with Crippen LogP contribution in [0.25, 0.3) is 0 Å². The fourth-order valence-electron chi connectivity index (χ4n) is 12.3. The van der Waals surface area contributed by atoms with Crippen LogP contribution >= 0.6 is 0 Å². The summed E-state index contributed by atoms with van der Waals surface area (Å²) in [5, 5.41) is 0. The molecule has 10 unspecified atom stereocenters. The maximum atomic E-state index is 2.71. The van der Waals surface area contributed by atoms with E-state index in [0.29, 0.717) is 5.41 Å². The lowest BCUT2D eigenvalue weighted by Gasteiger charge is -2.37. The van der Waals surface area contributed by atoms with Crippen molar-refractivity contribution >= 4 is 0 Å². The molecular weight excluding hydrogens is 661 g/mol. The molecule has 0 aromatic carbocycles. The van der Waals surface area contributed by atoms with E-state index in [0.717, 1.165) is 65.1 Å². The van der Waals surface area contributed by atoms with Crippen LogP contribution in [0.5, 0.6) is 0 Å². The smallest absolute Gasteiger partial charge is 0.0351 e. The Morgan fingerprint density at radius 2 is 1.11 bits per heavy atom. The maximum Gasteiger partial charge on any atom is -0.0351 e. The fourth-order valence-corrected chi connectivity index (χ4v) is 12.3. The second-order valence-corrected chi connectivity index (χ2v) is 22.6. The van der Waals surface area contributed by atoms with Crippen LogP contribution in [0.2, 0.25) is 0 Å². The minimum Gasteiger partial charge on any atom is -0.0654 e. The molecule has 328 valence electrons. The predicted octanol–water partition coefficient (Wildman–Crippen LogP) is 19.5. The van der Waals surface area contributed by atoms with Crippen LogP contribution in [0, 0.1) is 70.5 Å². The van der Waals surface area contributed by atoms with Crippen LogP contribution in [0.3, 0.4) is 0 Å². The molecule has 2 aliphatic rings. The van der Waals surface area contributed by atoms with Crippen LogP contribution in [0.4, 0.5) is 0 Å². The first-order chi connectivity index (χ1) is 26.4. The van der Waals surface area contributed by atoms with Crippen molar-refractivity contribution in [3.05, 3.63) is 0 Å². The Morgan fingerprint density at radius 3 is 1.76 bits per heavy atom. The van der Waals surface area contributed by atoms with E-state index in [2.05, 4.69) is 76.2 Å². The van der Waals surface area contributed by atoms with Crippen molar-refractivity contribution in [2.24, 2.45) is 70.5 Å². The van der Waals surface area contributed by atoms with Gasteiger partial charge < -0.3 is 0 Å². The summed E-state index contributed by atoms with van der Waals surface area (Å²) in [6.45, 7) is 27.9. The van der Waals surface area contributed by atoms with Crippen LogP contribution in [-0.4, -0.2) is 0 Å². The number of hydrogen-bond donors (Lipinski definition) is 0. The highest BCUT2D eigenvalue weighted by atomic mass is 14.4. The lowest BCUT2D eigenvalue weighted by atomic mass is 9.68. The van der Waals surface area contributed by atoms with Gasteiger partial charge in [-0.25, -0.2) is 0 Å². The summed E-state index contributed by atoms with van der Waals surface area (Å²) in [6, 6.07) is 0. The Labute approximate surface area is 350 Å². The Balaban J connectivity index is 2.33. The van der Waals surface area contributed by atoms with E-state index in [1.165, 1.54) is 199 Å². The molecule has 0 N–H and O–H groups in total. The van der Waals surface area contributed by atoms with Crippen LogP contribution in [0.15, 0.2) is 0 Å². The number of unbranched alkanes of at least 4 members (excludes halogenated alkanes) is 7. The van der Waals surface area contributed by atoms with Gasteiger partial charge >= 0.3 is 0 Å². The lowest BCUT2D eigenvalue weighted by Crippen LogP contribution is -2.27. The minimum atomic E-state index is 0.594. The van der Waals surface area contributed by atoms with E-state index in [4.69, 9.17) is 0 Å². The summed E-state index contributed by atoms with van der Waals surface area (Å²) in [5.74, 6) is 10.1. The Morgan fingerprint density at radius 1 is 0.509 bits per heavy atom. The summed E-state index contributed by atoms with van der Waals surface area (Å²) in [7, 11) is 0. The Kier molecular flexibility index (Phi) is 28.0. The zero-order chi connectivity index (χ0) is 40.5. The molecule has 0 aromatic heterocycles. The van der Waals surface area contributed by atoms with E-state index >= 15 is 0 Å². The van der Waals surface area contributed by atoms with Gasteiger partial charge in [0.25, 0.3) is 0 Å². The highest BCUT2D eigenvalue weighted by molar-refractivity contribution is 4.85. The third-order valence-electron chi connectivity index (χ3n) is 16.4. The van der Waals surface area contributed by atoms with E-state index < -0.39 is 0 Å². The first-order valence-electron chi connectivity index (χ1n) is 26.4. The van der Waals surface area contributed by atoms with Crippen molar-refractivity contribution in [2.75, 3.05) is 0 Å². The monoisotopic (exact) mass is 769 g/mol. The van der Waals surface area contributed by atoms with Gasteiger partial charge in [0.1, 0.15) is 0 Å². The SMILES string of the molecule is CCCCCCC(CCCCC)C1CCC(C(C)CC(C)CC2CCC(C)(C)C2)CCCCCCCC(CCCCC(C)CCCC)CC(C(C)C(C)C)C1. The average Bonchev–Trinajstić information content (AvgIpc) is 3.48. The summed E-state index contributed by atoms with van der Waals surface area (Å²) >= 11 is 0. The quantitative estimate of drug-likeness (QED) is 0.0812. The molecule has 2 aliphatic carbocycles. The van der Waals surface area contributed by atoms with Crippen molar-refractivity contribution in [2.45, 2.75) is 282 Å². The maximum absolute atomic E-state index is 2.71. The van der Waals surface area contributed by atoms with Crippen LogP contribution < -0.4 is 0 Å². The fraction of sp³-hybridized carbons (Fsp3) is 1.00. The number of rotatable bonds is 25. The van der Waals surface area contributed by atoms with Gasteiger partial charge in [0.2, 0.25) is 0 Å². The number of hydrogen-bond acceptors (Lipinski definition) is 0. The molecule has 0 bridgehead atoms. The minimum absolute atomic E-state index is 0.594. The Bertz CT molecular complexity index is 867. The van der Waals surface area contributed by atoms with Gasteiger partial charge in [-0.1, -0.05) is 224 Å². The first-order valence-corrected chi connectivity index (χ1v) is 26.4. The molecule has 0 heteroatoms. The van der Waals surface area contributed by atoms with Gasteiger partial charge in [0, 0.05) is 0 Å². The normalized spacial score (nSPS) is 27.6. The van der Waals surface area contributed by atoms with E-state index in [-0.39, 0.29) is 0 Å². The third-order valence-corrected chi connectivity index (χ3v) is 16.4. The molecule has 0 heterocycles. The van der Waals surface area contributed by atoms with Gasteiger partial charge in [-0.15, -0.1) is 0 Å². The van der Waals surface area contributed by atoms with E-state index in [1.807, 2.05) is 0 Å². The van der Waals surface area contributed by atoms with Gasteiger partial charge in [0.15, 0.2) is 0 Å². The first kappa shape index (κ1) is 51.1. The van der Waals surface area contributed by atoms with Crippen molar-refractivity contribution in [1.82, 2.24) is 0 Å². The molecule has 0 aliphatic heterocycles. The lowest BCUT2D eigenvalue weighted by molar-refractivity contribution is 0.131. The highest BCUT2D eigenvalue weighted by Crippen LogP contribution is 2.46. The molecule has 0 nitrogen and oxygen atoms in total. The molecule has 2 saturated carbocycles. The summed E-state index contributed by atoms with van der Waals surface area (Å²) < 4.78 is 0. The molecule has 10 atom stereocenters. The second-order valence-electron chi connectivity index (χ2n) is 22.6. The Hall–Kier alpha value is 0. The van der Waals surface area contributed by atoms with Gasteiger partial charge in [-0.3, -0.25) is 0 Å². The average molecular weight is 769 g/mol. The standard InChI is InChI=1S/C55H108/c1-12-15-18-24-34-52(33-22-16-13-2)53-36-35-51(47(8)39-46(7)40-50-37-38-55(10,11)43-50)32-25-21-19-20-23-30-49(41-54(42-53)48(9)44(4)5)31-27-26-29-45(6)28-17-14-3/h44-54H,12-43H2,1-11H3. The van der Waals surface area contributed by atoms with Crippen LogP contribution in [0.1, 0.15) is 282 Å². The van der Waals surface area contributed by atoms with Crippen LogP contribution in [-0.2, 0) is 0 Å². The van der Waals surface area contributed by atoms with Crippen molar-refractivity contribution in [3.63, 3.8) is 0 Å². The zero-order valence-electron chi connectivity index (χ0n) is 40.5. The molecule has 0 spiro atoms. The van der Waals surface area contributed by atoms with Gasteiger partial charge in [-0.2, -0.15) is 0 Å². The summed E-state index contributed by atoms with van der Waals surface area (Å²) in [5.41, 5.74) is 0.594. The zero-order valence-corrected chi connectivity index (χ0v) is 40.5. The largest absolute Gasteiger partial charge is 0.0654 e. The molecule has 2 rings (SSSR count). The van der Waals surface area contributed by atoms with Crippen molar-refractivity contribution in [1.29, 1.82) is 0 Å². The molecule has 55 heavy (non-hydrogen) atoms. The van der Waals surface area contributed by atoms with E-state index in [9.17, 15) is 0 Å².